The van der Waals surface area contributed by atoms with Crippen molar-refractivity contribution in [1.82, 2.24) is 0 Å². The van der Waals surface area contributed by atoms with Gasteiger partial charge in [0.2, 0.25) is 0 Å². The van der Waals surface area contributed by atoms with Crippen molar-refractivity contribution in [2.45, 2.75) is 13.3 Å². The summed E-state index contributed by atoms with van der Waals surface area (Å²) in [6, 6.07) is 2.04. The van der Waals surface area contributed by atoms with Crippen molar-refractivity contribution >= 4 is 0 Å². The van der Waals surface area contributed by atoms with E-state index < -0.39 is 0 Å². The summed E-state index contributed by atoms with van der Waals surface area (Å²) in [6.45, 7) is 9.15. The van der Waals surface area contributed by atoms with Gasteiger partial charge in [0, 0.05) is 0 Å². The van der Waals surface area contributed by atoms with Crippen LogP contribution in [0.3, 0.4) is 0 Å². The van der Waals surface area contributed by atoms with E-state index in [9.17, 15) is 0 Å². The van der Waals surface area contributed by atoms with E-state index in [1.165, 1.54) is 0 Å². The lowest BCUT2D eigenvalue weighted by atomic mass is 10.1. The fourth-order valence-corrected chi connectivity index (χ4v) is 0.563. The molecule has 0 saturated carbocycles. The Morgan fingerprint density at radius 3 is 2.60 bits per heavy atom. The van der Waals surface area contributed by atoms with Crippen LogP contribution in [0.4, 0.5) is 0 Å². The van der Waals surface area contributed by atoms with Crippen LogP contribution in [0.25, 0.3) is 0 Å². The van der Waals surface area contributed by atoms with Crippen molar-refractivity contribution in [2.24, 2.45) is 0 Å². The second-order valence-electron chi connectivity index (χ2n) is 1.87. The molecule has 0 aliphatic carbocycles. The maximum atomic E-state index is 8.53. The van der Waals surface area contributed by atoms with E-state index in [0.717, 1.165) is 6.42 Å². The van der Waals surface area contributed by atoms with Crippen molar-refractivity contribution in [2.75, 3.05) is 0 Å². The molecule has 1 nitrogen and oxygen atoms in total. The van der Waals surface area contributed by atoms with Gasteiger partial charge in [-0.05, 0) is 12.0 Å². The van der Waals surface area contributed by atoms with E-state index in [1.54, 1.807) is 6.08 Å². The van der Waals surface area contributed by atoms with Crippen LogP contribution in [0.15, 0.2) is 36.5 Å². The second-order valence-corrected chi connectivity index (χ2v) is 1.87. The van der Waals surface area contributed by atoms with Gasteiger partial charge < -0.3 is 0 Å². The summed E-state index contributed by atoms with van der Waals surface area (Å²) in [5, 5.41) is 8.53. The zero-order valence-corrected chi connectivity index (χ0v) is 6.22. The third-order valence-corrected chi connectivity index (χ3v) is 1.12. The third-order valence-electron chi connectivity index (χ3n) is 1.12. The lowest BCUT2D eigenvalue weighted by molar-refractivity contribution is 1.20. The number of nitriles is 1. The second kappa shape index (κ2) is 4.58. The third kappa shape index (κ3) is 2.32. The van der Waals surface area contributed by atoms with Crippen LogP contribution >= 0.6 is 0 Å². The smallest absolute Gasteiger partial charge is 0.0994 e. The van der Waals surface area contributed by atoms with Crippen molar-refractivity contribution < 1.29 is 0 Å². The largest absolute Gasteiger partial charge is 0.192 e. The Hall–Kier alpha value is -1.29. The van der Waals surface area contributed by atoms with Crippen LogP contribution in [0.5, 0.6) is 0 Å². The van der Waals surface area contributed by atoms with Gasteiger partial charge in [-0.15, -0.1) is 0 Å². The van der Waals surface area contributed by atoms with Gasteiger partial charge in [0.15, 0.2) is 0 Å². The fraction of sp³-hybridized carbons (Fsp3) is 0.222. The highest BCUT2D eigenvalue weighted by atomic mass is 14.2. The van der Waals surface area contributed by atoms with Crippen LogP contribution < -0.4 is 0 Å². The molecule has 0 bridgehead atoms. The summed E-state index contributed by atoms with van der Waals surface area (Å²) in [5.41, 5.74) is 1.32. The molecule has 0 atom stereocenters. The van der Waals surface area contributed by atoms with E-state index in [4.69, 9.17) is 5.26 Å². The van der Waals surface area contributed by atoms with Crippen molar-refractivity contribution in [3.8, 4) is 6.07 Å². The summed E-state index contributed by atoms with van der Waals surface area (Å²) in [4.78, 5) is 0. The van der Waals surface area contributed by atoms with Gasteiger partial charge in [-0.1, -0.05) is 32.2 Å². The van der Waals surface area contributed by atoms with Crippen LogP contribution in [0, 0.1) is 11.3 Å². The minimum Gasteiger partial charge on any atom is -0.192 e. The van der Waals surface area contributed by atoms with Crippen molar-refractivity contribution in [3.63, 3.8) is 0 Å². The SMILES string of the molecule is C=CC(=C)/C(C#N)=C\CC. The highest BCUT2D eigenvalue weighted by Gasteiger charge is 1.93. The Labute approximate surface area is 62.0 Å². The predicted octanol–water partition coefficient (Wildman–Crippen LogP) is 2.59. The molecular formula is C9H11N. The van der Waals surface area contributed by atoms with Crippen molar-refractivity contribution in [1.29, 1.82) is 5.26 Å². The molecule has 0 aliphatic rings. The minimum absolute atomic E-state index is 0.623. The summed E-state index contributed by atoms with van der Waals surface area (Å²) in [6.07, 6.45) is 4.28. The minimum atomic E-state index is 0.623. The summed E-state index contributed by atoms with van der Waals surface area (Å²) < 4.78 is 0. The average Bonchev–Trinajstić information content (AvgIpc) is 1.99. The van der Waals surface area contributed by atoms with E-state index in [1.807, 2.05) is 19.1 Å². The highest BCUT2D eigenvalue weighted by Crippen LogP contribution is 2.07. The lowest BCUT2D eigenvalue weighted by Crippen LogP contribution is -1.79. The Morgan fingerprint density at radius 2 is 2.30 bits per heavy atom. The number of hydrogen-bond donors (Lipinski definition) is 0. The van der Waals surface area contributed by atoms with E-state index in [-0.39, 0.29) is 0 Å². The molecule has 1 heteroatoms. The molecule has 0 spiro atoms. The molecule has 0 aromatic heterocycles. The van der Waals surface area contributed by atoms with Gasteiger partial charge in [-0.2, -0.15) is 5.26 Å². The zero-order chi connectivity index (χ0) is 7.98. The highest BCUT2D eigenvalue weighted by molar-refractivity contribution is 5.45. The molecule has 10 heavy (non-hydrogen) atoms. The fourth-order valence-electron chi connectivity index (χ4n) is 0.563. The summed E-state index contributed by atoms with van der Waals surface area (Å²) in [5.74, 6) is 0. The molecule has 0 heterocycles. The Bertz CT molecular complexity index is 203. The first-order valence-electron chi connectivity index (χ1n) is 3.18. The molecule has 0 unspecified atom stereocenters. The van der Waals surface area contributed by atoms with Gasteiger partial charge >= 0.3 is 0 Å². The standard InChI is InChI=1S/C9H11N/c1-4-6-9(7-10)8(3)5-2/h5-6H,2-4H2,1H3/b9-6-. The summed E-state index contributed by atoms with van der Waals surface area (Å²) in [7, 11) is 0. The number of rotatable bonds is 3. The maximum absolute atomic E-state index is 8.53. The molecule has 0 aliphatic heterocycles. The van der Waals surface area contributed by atoms with Gasteiger partial charge in [0.1, 0.15) is 0 Å². The first-order valence-corrected chi connectivity index (χ1v) is 3.18. The number of nitrogens with zero attached hydrogens (tertiary/aromatic N) is 1. The first-order chi connectivity index (χ1) is 4.76. The van der Waals surface area contributed by atoms with Gasteiger partial charge in [0.25, 0.3) is 0 Å². The Kier molecular flexibility index (Phi) is 3.99. The molecule has 0 aromatic rings. The molecule has 0 N–H and O–H groups in total. The first kappa shape index (κ1) is 8.71. The van der Waals surface area contributed by atoms with Crippen LogP contribution in [-0.4, -0.2) is 0 Å². The monoisotopic (exact) mass is 133 g/mol. The van der Waals surface area contributed by atoms with Gasteiger partial charge in [-0.25, -0.2) is 0 Å². The Balaban J connectivity index is 4.39. The van der Waals surface area contributed by atoms with E-state index in [2.05, 4.69) is 13.2 Å². The molecular weight excluding hydrogens is 122 g/mol. The molecule has 0 radical (unpaired) electrons. The van der Waals surface area contributed by atoms with Gasteiger partial charge in [0.05, 0.1) is 11.6 Å². The summed E-state index contributed by atoms with van der Waals surface area (Å²) >= 11 is 0. The lowest BCUT2D eigenvalue weighted by Gasteiger charge is -1.93. The van der Waals surface area contributed by atoms with Crippen LogP contribution in [0.2, 0.25) is 0 Å². The molecule has 52 valence electrons. The average molecular weight is 133 g/mol. The predicted molar refractivity (Wildman–Crippen MR) is 43.3 cm³/mol. The molecule has 0 rings (SSSR count). The molecule has 0 fully saturated rings. The van der Waals surface area contributed by atoms with E-state index in [0.29, 0.717) is 11.1 Å². The zero-order valence-electron chi connectivity index (χ0n) is 6.22. The van der Waals surface area contributed by atoms with Gasteiger partial charge in [-0.3, -0.25) is 0 Å². The molecule has 0 aromatic carbocycles. The molecule has 0 saturated heterocycles. The van der Waals surface area contributed by atoms with Crippen molar-refractivity contribution in [3.05, 3.63) is 36.5 Å². The van der Waals surface area contributed by atoms with Crippen LogP contribution in [-0.2, 0) is 0 Å². The van der Waals surface area contributed by atoms with Crippen LogP contribution in [0.1, 0.15) is 13.3 Å². The topological polar surface area (TPSA) is 23.8 Å². The van der Waals surface area contributed by atoms with E-state index >= 15 is 0 Å². The number of hydrogen-bond acceptors (Lipinski definition) is 1. The maximum Gasteiger partial charge on any atom is 0.0994 e. The number of allylic oxidation sites excluding steroid dienone is 4. The quantitative estimate of drug-likeness (QED) is 0.429. The normalized spacial score (nSPS) is 10.2. The Morgan fingerprint density at radius 1 is 1.70 bits per heavy atom. The molecule has 0 amide bonds.